The number of rotatable bonds is 15. The lowest BCUT2D eigenvalue weighted by atomic mass is 10.0. The van der Waals surface area contributed by atoms with E-state index >= 15 is 0 Å². The summed E-state index contributed by atoms with van der Waals surface area (Å²) in [5.74, 6) is -0.658. The molecule has 0 unspecified atom stereocenters. The van der Waals surface area contributed by atoms with E-state index in [9.17, 15) is 4.79 Å². The number of piperazine rings is 1. The third kappa shape index (κ3) is 9.54. The third-order valence-electron chi connectivity index (χ3n) is 8.58. The van der Waals surface area contributed by atoms with Crippen molar-refractivity contribution in [1.29, 1.82) is 0 Å². The van der Waals surface area contributed by atoms with Crippen molar-refractivity contribution in [3.05, 3.63) is 29.3 Å². The predicted molar refractivity (Wildman–Crippen MR) is 163 cm³/mol. The fraction of sp³-hybridized carbons (Fsp3) is 0.781. The maximum Gasteiger partial charge on any atom is 0.321 e. The molecule has 2 amide bonds. The number of anilines is 1. The van der Waals surface area contributed by atoms with Crippen LogP contribution >= 0.6 is 11.6 Å². The van der Waals surface area contributed by atoms with Gasteiger partial charge in [-0.25, -0.2) is 4.79 Å². The van der Waals surface area contributed by atoms with Gasteiger partial charge in [0.25, 0.3) is 0 Å². The van der Waals surface area contributed by atoms with Gasteiger partial charge >= 0.3 is 6.03 Å². The van der Waals surface area contributed by atoms with Gasteiger partial charge in [-0.05, 0) is 51.5 Å². The van der Waals surface area contributed by atoms with Gasteiger partial charge in [0.15, 0.2) is 12.1 Å². The van der Waals surface area contributed by atoms with Gasteiger partial charge in [-0.15, -0.1) is 0 Å². The first kappa shape index (κ1) is 32.5. The molecule has 3 aliphatic rings. The Balaban J connectivity index is 1.19. The summed E-state index contributed by atoms with van der Waals surface area (Å²) in [4.78, 5) is 17.0. The van der Waals surface area contributed by atoms with Gasteiger partial charge in [-0.2, -0.15) is 0 Å². The molecule has 0 spiro atoms. The molecule has 3 fully saturated rings. The van der Waals surface area contributed by atoms with E-state index in [0.717, 1.165) is 25.2 Å². The van der Waals surface area contributed by atoms with E-state index < -0.39 is 12.1 Å². The SMILES string of the molecule is CCCCCCCCCCCCO[C@H]1O[C@H]([C@H](C)N2CCN(C(=O)Nc3ccc(Cl)cc3)CC2)[C@@H]2OC(C)(C)O[C@H]12. The Morgan fingerprint density at radius 3 is 2.17 bits per heavy atom. The number of urea groups is 1. The van der Waals surface area contributed by atoms with Crippen LogP contribution in [0.4, 0.5) is 10.5 Å². The van der Waals surface area contributed by atoms with Crippen LogP contribution in [0.15, 0.2) is 24.3 Å². The van der Waals surface area contributed by atoms with Crippen LogP contribution in [0.3, 0.4) is 0 Å². The lowest BCUT2D eigenvalue weighted by Gasteiger charge is -2.40. The summed E-state index contributed by atoms with van der Waals surface area (Å²) in [7, 11) is 0. The van der Waals surface area contributed by atoms with Crippen LogP contribution in [-0.2, 0) is 18.9 Å². The monoisotopic (exact) mass is 593 g/mol. The Morgan fingerprint density at radius 1 is 0.951 bits per heavy atom. The normalized spacial score (nSPS) is 26.7. The van der Waals surface area contributed by atoms with Gasteiger partial charge in [0.05, 0.1) is 0 Å². The number of amides is 2. The molecule has 3 heterocycles. The van der Waals surface area contributed by atoms with Crippen molar-refractivity contribution in [2.45, 2.75) is 128 Å². The smallest absolute Gasteiger partial charge is 0.321 e. The van der Waals surface area contributed by atoms with Crippen LogP contribution in [-0.4, -0.2) is 85.0 Å². The highest BCUT2D eigenvalue weighted by atomic mass is 35.5. The molecule has 5 atom stereocenters. The summed E-state index contributed by atoms with van der Waals surface area (Å²) in [5, 5.41) is 3.61. The Kier molecular flexibility index (Phi) is 12.6. The van der Waals surface area contributed by atoms with Crippen molar-refractivity contribution in [2.24, 2.45) is 0 Å². The molecule has 0 bridgehead atoms. The standard InChI is InChI=1S/C32H52ClN3O5/c1-5-6-7-8-9-10-11-12-13-14-23-38-30-29-28(40-32(3,4)41-29)27(39-30)24(2)35-19-21-36(22-20-35)31(37)34-26-17-15-25(33)16-18-26/h15-18,24,27-30H,5-14,19-23H2,1-4H3,(H,34,37)/t24-,27+,28-,29-,30-/m0/s1. The number of nitrogens with zero attached hydrogens (tertiary/aromatic N) is 2. The molecule has 232 valence electrons. The molecule has 8 nitrogen and oxygen atoms in total. The van der Waals surface area contributed by atoms with Crippen LogP contribution in [0.5, 0.6) is 0 Å². The summed E-state index contributed by atoms with van der Waals surface area (Å²) in [5.41, 5.74) is 0.741. The first-order chi connectivity index (χ1) is 19.8. The lowest BCUT2D eigenvalue weighted by molar-refractivity contribution is -0.239. The molecule has 41 heavy (non-hydrogen) atoms. The zero-order valence-electron chi connectivity index (χ0n) is 25.6. The van der Waals surface area contributed by atoms with Crippen molar-refractivity contribution in [2.75, 3.05) is 38.1 Å². The number of ether oxygens (including phenoxy) is 4. The Labute approximate surface area is 252 Å². The largest absolute Gasteiger partial charge is 0.350 e. The second-order valence-electron chi connectivity index (χ2n) is 12.3. The van der Waals surface area contributed by atoms with Gasteiger partial charge in [0.1, 0.15) is 18.3 Å². The van der Waals surface area contributed by atoms with Gasteiger partial charge < -0.3 is 29.2 Å². The van der Waals surface area contributed by atoms with Gasteiger partial charge in [0.2, 0.25) is 0 Å². The van der Waals surface area contributed by atoms with Crippen molar-refractivity contribution in [3.8, 4) is 0 Å². The first-order valence-corrected chi connectivity index (χ1v) is 16.3. The predicted octanol–water partition coefficient (Wildman–Crippen LogP) is 7.06. The molecular weight excluding hydrogens is 542 g/mol. The van der Waals surface area contributed by atoms with Crippen LogP contribution in [0, 0.1) is 0 Å². The van der Waals surface area contributed by atoms with Crippen LogP contribution in [0.2, 0.25) is 5.02 Å². The fourth-order valence-electron chi connectivity index (χ4n) is 6.18. The first-order valence-electron chi connectivity index (χ1n) is 16.0. The quantitative estimate of drug-likeness (QED) is 0.219. The second kappa shape index (κ2) is 15.9. The molecule has 0 saturated carbocycles. The highest BCUT2D eigenvalue weighted by Gasteiger charge is 2.57. The van der Waals surface area contributed by atoms with Crippen LogP contribution in [0.1, 0.15) is 91.9 Å². The Hall–Kier alpha value is -1.42. The van der Waals surface area contributed by atoms with Crippen LogP contribution < -0.4 is 5.32 Å². The van der Waals surface area contributed by atoms with E-state index in [-0.39, 0.29) is 30.4 Å². The molecule has 9 heteroatoms. The maximum absolute atomic E-state index is 12.8. The number of hydrogen-bond acceptors (Lipinski definition) is 6. The van der Waals surface area contributed by atoms with E-state index in [1.54, 1.807) is 12.1 Å². The zero-order chi connectivity index (χ0) is 29.2. The Bertz CT molecular complexity index is 924. The van der Waals surface area contributed by atoms with Crippen molar-refractivity contribution < 1.29 is 23.7 Å². The van der Waals surface area contributed by atoms with E-state index in [4.69, 9.17) is 30.5 Å². The topological polar surface area (TPSA) is 72.5 Å². The summed E-state index contributed by atoms with van der Waals surface area (Å²) in [6, 6.07) is 7.18. The summed E-state index contributed by atoms with van der Waals surface area (Å²) in [6.07, 6.45) is 12.0. The van der Waals surface area contributed by atoms with Crippen LogP contribution in [0.25, 0.3) is 0 Å². The van der Waals surface area contributed by atoms with Gasteiger partial charge in [-0.1, -0.05) is 76.3 Å². The minimum absolute atomic E-state index is 0.0912. The molecule has 3 saturated heterocycles. The number of halogens is 1. The zero-order valence-corrected chi connectivity index (χ0v) is 26.4. The maximum atomic E-state index is 12.8. The van der Waals surface area contributed by atoms with Gasteiger partial charge in [0, 0.05) is 49.5 Å². The molecule has 4 rings (SSSR count). The Morgan fingerprint density at radius 2 is 1.54 bits per heavy atom. The summed E-state index contributed by atoms with van der Waals surface area (Å²) < 4.78 is 25.3. The van der Waals surface area contributed by atoms with E-state index in [2.05, 4.69) is 24.1 Å². The molecule has 1 aromatic rings. The molecule has 0 aromatic heterocycles. The minimum atomic E-state index is -0.658. The molecule has 0 aliphatic carbocycles. The van der Waals surface area contributed by atoms with Crippen molar-refractivity contribution >= 4 is 23.3 Å². The number of fused-ring (bicyclic) bond motifs is 1. The molecule has 1 N–H and O–H groups in total. The molecule has 1 aromatic carbocycles. The number of benzene rings is 1. The summed E-state index contributed by atoms with van der Waals surface area (Å²) >= 11 is 5.96. The number of hydrogen-bond donors (Lipinski definition) is 1. The molecule has 3 aliphatic heterocycles. The minimum Gasteiger partial charge on any atom is -0.350 e. The highest BCUT2D eigenvalue weighted by molar-refractivity contribution is 6.30. The van der Waals surface area contributed by atoms with E-state index in [1.807, 2.05) is 30.9 Å². The molecular formula is C32H52ClN3O5. The fourth-order valence-corrected chi connectivity index (χ4v) is 6.30. The highest BCUT2D eigenvalue weighted by Crippen LogP contribution is 2.41. The van der Waals surface area contributed by atoms with E-state index in [1.165, 1.54) is 57.8 Å². The van der Waals surface area contributed by atoms with Gasteiger partial charge in [-0.3, -0.25) is 4.90 Å². The third-order valence-corrected chi connectivity index (χ3v) is 8.83. The molecule has 0 radical (unpaired) electrons. The number of nitrogens with one attached hydrogen (secondary N) is 1. The summed E-state index contributed by atoms with van der Waals surface area (Å²) in [6.45, 7) is 11.9. The van der Waals surface area contributed by atoms with E-state index in [0.29, 0.717) is 24.7 Å². The average Bonchev–Trinajstić information content (AvgIpc) is 3.45. The average molecular weight is 594 g/mol. The van der Waals surface area contributed by atoms with Crippen molar-refractivity contribution in [3.63, 3.8) is 0 Å². The second-order valence-corrected chi connectivity index (χ2v) is 12.7. The number of carbonyl (C=O) groups is 1. The number of unbranched alkanes of at least 4 members (excludes halogenated alkanes) is 9. The lowest BCUT2D eigenvalue weighted by Crippen LogP contribution is -2.56. The number of carbonyl (C=O) groups excluding carboxylic acids is 1. The van der Waals surface area contributed by atoms with Crippen molar-refractivity contribution in [1.82, 2.24) is 9.80 Å².